The van der Waals surface area contributed by atoms with Gasteiger partial charge in [-0.2, -0.15) is 0 Å². The molecular formula is C22H20N2O5S2. The molecule has 2 aromatic heterocycles. The Balaban J connectivity index is 1.45. The summed E-state index contributed by atoms with van der Waals surface area (Å²) in [6, 6.07) is 16.5. The minimum Gasteiger partial charge on any atom is -0.493 e. The number of rotatable bonds is 7. The van der Waals surface area contributed by atoms with Gasteiger partial charge in [0.1, 0.15) is 9.97 Å². The lowest BCUT2D eigenvalue weighted by molar-refractivity contribution is 0.0935. The topological polar surface area (TPSA) is 97.6 Å². The molecule has 4 rings (SSSR count). The Morgan fingerprint density at radius 1 is 1.10 bits per heavy atom. The van der Waals surface area contributed by atoms with Crippen LogP contribution < -0.4 is 14.8 Å². The Hall–Kier alpha value is -3.30. The molecule has 9 heteroatoms. The van der Waals surface area contributed by atoms with Crippen molar-refractivity contribution in [2.45, 2.75) is 17.2 Å². The van der Waals surface area contributed by atoms with Gasteiger partial charge in [0.05, 0.1) is 13.2 Å². The van der Waals surface area contributed by atoms with Gasteiger partial charge in [0.25, 0.3) is 15.9 Å². The number of hydrogen-bond acceptors (Lipinski definition) is 6. The maximum absolute atomic E-state index is 12.6. The van der Waals surface area contributed by atoms with Crippen molar-refractivity contribution in [3.05, 3.63) is 77.4 Å². The van der Waals surface area contributed by atoms with E-state index >= 15 is 0 Å². The van der Waals surface area contributed by atoms with Crippen LogP contribution in [0.15, 0.2) is 74.7 Å². The third-order valence-electron chi connectivity index (χ3n) is 4.68. The summed E-state index contributed by atoms with van der Waals surface area (Å²) in [5, 5.41) is 5.47. The van der Waals surface area contributed by atoms with Crippen LogP contribution >= 0.6 is 11.3 Å². The molecule has 2 N–H and O–H groups in total. The van der Waals surface area contributed by atoms with Crippen LogP contribution in [0.3, 0.4) is 0 Å². The zero-order chi connectivity index (χ0) is 22.0. The van der Waals surface area contributed by atoms with E-state index in [9.17, 15) is 13.2 Å². The highest BCUT2D eigenvalue weighted by molar-refractivity contribution is 7.94. The number of hydrogen-bond donors (Lipinski definition) is 2. The normalized spacial score (nSPS) is 12.5. The molecular weight excluding hydrogens is 436 g/mol. The van der Waals surface area contributed by atoms with E-state index in [1.165, 1.54) is 6.07 Å². The summed E-state index contributed by atoms with van der Waals surface area (Å²) in [5.74, 6) is 0.934. The van der Waals surface area contributed by atoms with E-state index in [0.717, 1.165) is 16.7 Å². The number of para-hydroxylation sites is 1. The Bertz CT molecular complexity index is 1310. The maximum atomic E-state index is 12.6. The molecule has 4 aromatic rings. The highest BCUT2D eigenvalue weighted by Gasteiger charge is 2.18. The number of methoxy groups -OCH3 is 1. The van der Waals surface area contributed by atoms with Crippen molar-refractivity contribution in [1.29, 1.82) is 0 Å². The first-order valence-electron chi connectivity index (χ1n) is 9.41. The van der Waals surface area contributed by atoms with Gasteiger partial charge in [0.2, 0.25) is 0 Å². The quantitative estimate of drug-likeness (QED) is 0.417. The largest absolute Gasteiger partial charge is 0.493 e. The predicted octanol–water partition coefficient (Wildman–Crippen LogP) is 4.79. The van der Waals surface area contributed by atoms with Crippen molar-refractivity contribution in [3.63, 3.8) is 0 Å². The molecule has 0 saturated heterocycles. The third-order valence-corrected chi connectivity index (χ3v) is 7.46. The van der Waals surface area contributed by atoms with Crippen molar-refractivity contribution < 1.29 is 22.4 Å². The van der Waals surface area contributed by atoms with Crippen LogP contribution in [-0.4, -0.2) is 21.4 Å². The predicted molar refractivity (Wildman–Crippen MR) is 120 cm³/mol. The second kappa shape index (κ2) is 8.44. The van der Waals surface area contributed by atoms with E-state index in [1.54, 1.807) is 42.8 Å². The molecule has 2 aromatic carbocycles. The molecule has 2 heterocycles. The van der Waals surface area contributed by atoms with Gasteiger partial charge in [0, 0.05) is 16.6 Å². The minimum atomic E-state index is -3.63. The molecule has 0 aliphatic carbocycles. The smallest absolute Gasteiger partial charge is 0.271 e. The zero-order valence-corrected chi connectivity index (χ0v) is 18.4. The monoisotopic (exact) mass is 456 g/mol. The number of carbonyl (C=O) groups is 1. The molecule has 31 heavy (non-hydrogen) atoms. The van der Waals surface area contributed by atoms with Crippen molar-refractivity contribution in [3.8, 4) is 5.75 Å². The first kappa shape index (κ1) is 21.0. The van der Waals surface area contributed by atoms with Gasteiger partial charge in [-0.1, -0.05) is 18.2 Å². The molecule has 1 amide bonds. The highest BCUT2D eigenvalue weighted by Crippen LogP contribution is 2.31. The fourth-order valence-corrected chi connectivity index (χ4v) is 5.14. The second-order valence-electron chi connectivity index (χ2n) is 6.84. The minimum absolute atomic E-state index is 0.227. The number of carbonyl (C=O) groups excluding carboxylic acids is 1. The second-order valence-corrected chi connectivity index (χ2v) is 9.69. The van der Waals surface area contributed by atoms with Crippen LogP contribution in [-0.2, 0) is 10.0 Å². The summed E-state index contributed by atoms with van der Waals surface area (Å²) in [7, 11) is -2.06. The fraction of sp³-hybridized carbons (Fsp3) is 0.136. The molecule has 0 spiro atoms. The number of amides is 1. The van der Waals surface area contributed by atoms with Crippen LogP contribution in [0.1, 0.15) is 29.1 Å². The average molecular weight is 457 g/mol. The van der Waals surface area contributed by atoms with Gasteiger partial charge in [-0.25, -0.2) is 8.42 Å². The first-order valence-corrected chi connectivity index (χ1v) is 11.8. The molecule has 0 radical (unpaired) electrons. The summed E-state index contributed by atoms with van der Waals surface area (Å²) in [4.78, 5) is 12.6. The molecule has 1 unspecified atom stereocenters. The van der Waals surface area contributed by atoms with Gasteiger partial charge in [-0.05, 0) is 54.8 Å². The SMILES string of the molecule is COc1cccc2cc(C(C)NC(=O)c3ccc(NS(=O)(=O)c4cccs4)cc3)oc12. The molecule has 0 aliphatic rings. The van der Waals surface area contributed by atoms with Crippen molar-refractivity contribution >= 4 is 43.9 Å². The maximum Gasteiger partial charge on any atom is 0.271 e. The van der Waals surface area contributed by atoms with E-state index < -0.39 is 10.0 Å². The van der Waals surface area contributed by atoms with Crippen molar-refractivity contribution in [1.82, 2.24) is 5.32 Å². The lowest BCUT2D eigenvalue weighted by atomic mass is 10.1. The molecule has 7 nitrogen and oxygen atoms in total. The van der Waals surface area contributed by atoms with Crippen molar-refractivity contribution in [2.75, 3.05) is 11.8 Å². The number of sulfonamides is 1. The van der Waals surface area contributed by atoms with E-state index in [-0.39, 0.29) is 16.2 Å². The summed E-state index contributed by atoms with van der Waals surface area (Å²) in [6.45, 7) is 1.83. The number of furan rings is 1. The molecule has 160 valence electrons. The number of benzene rings is 2. The number of fused-ring (bicyclic) bond motifs is 1. The summed E-state index contributed by atoms with van der Waals surface area (Å²) < 4.78 is 38.5. The van der Waals surface area contributed by atoms with Crippen molar-refractivity contribution in [2.24, 2.45) is 0 Å². The van der Waals surface area contributed by atoms with Gasteiger partial charge in [-0.15, -0.1) is 11.3 Å². The molecule has 1 atom stereocenters. The Morgan fingerprint density at radius 2 is 1.87 bits per heavy atom. The Labute approximate surface area is 183 Å². The Kier molecular flexibility index (Phi) is 5.71. The van der Waals surface area contributed by atoms with Crippen LogP contribution in [0.2, 0.25) is 0 Å². The highest BCUT2D eigenvalue weighted by atomic mass is 32.2. The van der Waals surface area contributed by atoms with E-state index in [1.807, 2.05) is 31.2 Å². The lowest BCUT2D eigenvalue weighted by Crippen LogP contribution is -2.26. The van der Waals surface area contributed by atoms with Gasteiger partial charge in [-0.3, -0.25) is 9.52 Å². The first-order chi connectivity index (χ1) is 14.9. The molecule has 0 fully saturated rings. The summed E-state index contributed by atoms with van der Waals surface area (Å²) in [6.07, 6.45) is 0. The Morgan fingerprint density at radius 3 is 2.55 bits per heavy atom. The van der Waals surface area contributed by atoms with E-state index in [0.29, 0.717) is 28.3 Å². The van der Waals surface area contributed by atoms with Crippen LogP contribution in [0.25, 0.3) is 11.0 Å². The third kappa shape index (κ3) is 4.42. The van der Waals surface area contributed by atoms with Crippen LogP contribution in [0.5, 0.6) is 5.75 Å². The zero-order valence-electron chi connectivity index (χ0n) is 16.8. The molecule has 0 aliphatic heterocycles. The van der Waals surface area contributed by atoms with E-state index in [2.05, 4.69) is 10.0 Å². The van der Waals surface area contributed by atoms with Gasteiger partial charge >= 0.3 is 0 Å². The average Bonchev–Trinajstić information content (AvgIpc) is 3.44. The fourth-order valence-electron chi connectivity index (χ4n) is 3.09. The number of ether oxygens (including phenoxy) is 1. The number of thiophene rings is 1. The standard InChI is InChI=1S/C22H20N2O5S2/c1-14(19-13-16-5-3-6-18(28-2)21(16)29-19)23-22(25)15-8-10-17(11-9-15)24-31(26,27)20-7-4-12-30-20/h3-14,24H,1-2H3,(H,23,25). The summed E-state index contributed by atoms with van der Waals surface area (Å²) >= 11 is 1.13. The lowest BCUT2D eigenvalue weighted by Gasteiger charge is -2.12. The number of nitrogens with one attached hydrogen (secondary N) is 2. The van der Waals surface area contributed by atoms with Gasteiger partial charge < -0.3 is 14.5 Å². The summed E-state index contributed by atoms with van der Waals surface area (Å²) in [5.41, 5.74) is 1.41. The van der Waals surface area contributed by atoms with Crippen LogP contribution in [0, 0.1) is 0 Å². The molecule has 0 saturated carbocycles. The van der Waals surface area contributed by atoms with Gasteiger partial charge in [0.15, 0.2) is 11.3 Å². The van der Waals surface area contributed by atoms with Crippen LogP contribution in [0.4, 0.5) is 5.69 Å². The van der Waals surface area contributed by atoms with E-state index in [4.69, 9.17) is 9.15 Å². The number of anilines is 1. The molecule has 0 bridgehead atoms.